The first-order valence-corrected chi connectivity index (χ1v) is 43.0. The Labute approximate surface area is 829 Å². The quantitative estimate of drug-likeness (QED) is 0.0376. The van der Waals surface area contributed by atoms with Crippen LogP contribution in [-0.4, -0.2) is 82.7 Å². The molecule has 4 aromatic heterocycles. The summed E-state index contributed by atoms with van der Waals surface area (Å²) in [4.78, 5) is 53.3. The van der Waals surface area contributed by atoms with Gasteiger partial charge < -0.3 is 20.4 Å². The van der Waals surface area contributed by atoms with Crippen molar-refractivity contribution in [3.8, 4) is 56.2 Å². The van der Waals surface area contributed by atoms with Crippen LogP contribution >= 0.6 is 0 Å². The van der Waals surface area contributed by atoms with Crippen LogP contribution in [0.2, 0.25) is 0 Å². The van der Waals surface area contributed by atoms with Crippen molar-refractivity contribution in [1.29, 1.82) is 0 Å². The van der Waals surface area contributed by atoms with Crippen LogP contribution in [0.5, 0.6) is 0 Å². The zero-order chi connectivity index (χ0) is 90.8. The molecule has 0 unspecified atom stereocenters. The smallest absolute Gasteiger partial charge is 0.316 e. The van der Waals surface area contributed by atoms with Crippen molar-refractivity contribution in [2.24, 2.45) is 0 Å². The predicted octanol–water partition coefficient (Wildman–Crippen LogP) is 29.0. The number of pyridine rings is 4. The topological polar surface area (TPSA) is 218 Å². The van der Waals surface area contributed by atoms with Crippen LogP contribution in [0, 0.1) is 24.3 Å². The number of hydrogen-bond acceptors (Lipinski definition) is 8. The van der Waals surface area contributed by atoms with E-state index in [1.165, 1.54) is 225 Å². The van der Waals surface area contributed by atoms with Gasteiger partial charge in [-0.3, -0.25) is 39.1 Å². The Kier molecular flexibility index (Phi) is 36.3. The summed E-state index contributed by atoms with van der Waals surface area (Å²) in [6.07, 6.45) is 10.1. The largest absolute Gasteiger partial charge is 0.512 e. The molecule has 4 heterocycles. The first kappa shape index (κ1) is 102. The summed E-state index contributed by atoms with van der Waals surface area (Å²) < 4.78 is 0. The second kappa shape index (κ2) is 47.3. The summed E-state index contributed by atoms with van der Waals surface area (Å²) in [5, 5.41) is 53.2. The second-order valence-corrected chi connectivity index (χ2v) is 32.8. The molecule has 0 saturated carbocycles. The van der Waals surface area contributed by atoms with Gasteiger partial charge in [-0.15, -0.1) is 123 Å². The number of aliphatic hydroxyl groups is 4. The molecule has 2 aliphatic rings. The summed E-state index contributed by atoms with van der Waals surface area (Å²) in [5.74, 6) is 1.00. The average Bonchev–Trinajstić information content (AvgIpc) is 1.58. The van der Waals surface area contributed by atoms with Crippen LogP contribution in [0.15, 0.2) is 363 Å². The molecule has 0 atom stereocenters. The van der Waals surface area contributed by atoms with Crippen molar-refractivity contribution in [3.63, 3.8) is 0 Å². The van der Waals surface area contributed by atoms with Gasteiger partial charge in [-0.1, -0.05) is 298 Å². The Morgan fingerprint density at radius 2 is 0.609 bits per heavy atom. The Morgan fingerprint density at radius 1 is 0.286 bits per heavy atom. The number of ketones is 4. The van der Waals surface area contributed by atoms with Crippen molar-refractivity contribution in [2.75, 3.05) is 0 Å². The SMILES string of the molecule is CC(=[OH+])C=C(C)O.CC(=[OH+])C=C(C)O.CC(=[OH+])C=C(C)O.CC(=[OH+])C=C(C)O.CC1(C)c2ccccc2-c2c[c-]c(-c3ccc4c(ccc5ccccc54)n3)cc21.[Ir].[Ir].[Ir].[Ir].[c-]1cc2c(cc1-c1ccc3c(ccc4ccccc43)n1)CCCC2.[c-]1cc2ccccc2cc1-c1ccc2c(ccc3ccccc32)n1.[c-]1ccc2ccccc2c1-c1ccc2c(ccc3ccccc32)n1. The van der Waals surface area contributed by atoms with Gasteiger partial charge in [0.15, 0.2) is 0 Å². The van der Waals surface area contributed by atoms with Gasteiger partial charge in [-0.05, 0) is 135 Å². The van der Waals surface area contributed by atoms with Gasteiger partial charge in [0.25, 0.3) is 0 Å². The number of nitrogens with zero attached hydrogens (tertiary/aromatic N) is 4. The summed E-state index contributed by atoms with van der Waals surface area (Å²) in [6, 6.07) is 124. The maximum atomic E-state index is 8.40. The molecular formula is C117H102Ir4N4O8. The van der Waals surface area contributed by atoms with Crippen LogP contribution in [-0.2, 0) is 98.7 Å². The molecule has 12 nitrogen and oxygen atoms in total. The summed E-state index contributed by atoms with van der Waals surface area (Å²) >= 11 is 0. The third-order valence-corrected chi connectivity index (χ3v) is 22.3. The molecule has 0 spiro atoms. The fraction of sp³-hybridized carbons (Fsp3) is 0.128. The maximum Gasteiger partial charge on any atom is 0.316 e. The maximum absolute atomic E-state index is 8.40. The van der Waals surface area contributed by atoms with Crippen LogP contribution in [0.25, 0.3) is 164 Å². The minimum absolute atomic E-state index is 0. The molecule has 0 amide bonds. The van der Waals surface area contributed by atoms with Gasteiger partial charge in [-0.2, -0.15) is 0 Å². The number of hydrogen-bond donors (Lipinski definition) is 4. The molecule has 674 valence electrons. The Bertz CT molecular complexity index is 7490. The van der Waals surface area contributed by atoms with E-state index < -0.39 is 0 Å². The molecule has 19 aromatic rings. The van der Waals surface area contributed by atoms with Crippen molar-refractivity contribution >= 4 is 131 Å². The standard InChI is InChI=1S/C28H20N.C23H14N.C23H18N.C23H14N.4C5H8O2.4Ir/c1-28(2)24-10-6-5-9-21(24)22-13-11-19(17-25(22)28)26-16-14-23-20-8-4-3-7-18(20)12-15-27(23)29-26;1-3-9-18-16(6-1)8-5-11-20(18)23-15-13-21-19-10-4-2-7-17(19)12-14-22(21)24-23;2*1-2-7-18-15-19(10-9-16(18)5-1)22-14-12-21-20-8-4-3-6-17(20)11-13-23(21)24-22;4*1-4(6)3-5(2)7;;;;/h3-10,12-17H,1-2H3;1-10,12-15H;3-4,6,8-9,11-15H,1-2,5,7H2;1-9,11-15H;4*3,6H,1-2H3;;;;/q4*-1;;;;;;;;/p+4. The van der Waals surface area contributed by atoms with Gasteiger partial charge in [0, 0.05) is 102 Å². The first-order chi connectivity index (χ1) is 62.3. The van der Waals surface area contributed by atoms with Gasteiger partial charge in [-0.25, -0.2) is 0 Å². The first-order valence-electron chi connectivity index (χ1n) is 43.0. The fourth-order valence-electron chi connectivity index (χ4n) is 16.6. The van der Waals surface area contributed by atoms with E-state index in [9.17, 15) is 0 Å². The number of fused-ring (bicyclic) bond motifs is 18. The summed E-state index contributed by atoms with van der Waals surface area (Å²) in [6.45, 7) is 16.6. The molecule has 21 rings (SSSR count). The molecule has 4 radical (unpaired) electrons. The summed E-state index contributed by atoms with van der Waals surface area (Å²) in [5.41, 5.74) is 20.6. The van der Waals surface area contributed by atoms with E-state index in [1.807, 2.05) is 12.1 Å². The number of rotatable bonds is 8. The van der Waals surface area contributed by atoms with Crippen LogP contribution in [0.1, 0.15) is 104 Å². The Hall–Kier alpha value is -13.1. The van der Waals surface area contributed by atoms with Crippen LogP contribution in [0.4, 0.5) is 0 Å². The van der Waals surface area contributed by atoms with E-state index in [-0.39, 0.29) is 132 Å². The zero-order valence-corrected chi connectivity index (χ0v) is 84.9. The molecule has 0 saturated heterocycles. The molecule has 133 heavy (non-hydrogen) atoms. The van der Waals surface area contributed by atoms with E-state index in [0.717, 1.165) is 67.1 Å². The third-order valence-electron chi connectivity index (χ3n) is 22.3. The number of aryl methyl sites for hydroxylation is 2. The second-order valence-electron chi connectivity index (χ2n) is 32.8. The molecule has 15 aromatic carbocycles. The van der Waals surface area contributed by atoms with E-state index in [2.05, 4.69) is 341 Å². The zero-order valence-electron chi connectivity index (χ0n) is 75.4. The van der Waals surface area contributed by atoms with E-state index >= 15 is 0 Å². The summed E-state index contributed by atoms with van der Waals surface area (Å²) in [7, 11) is 0. The molecule has 16 heteroatoms. The van der Waals surface area contributed by atoms with Gasteiger partial charge >= 0.3 is 23.1 Å². The van der Waals surface area contributed by atoms with Crippen molar-refractivity contribution in [1.82, 2.24) is 19.9 Å². The number of aromatic nitrogens is 4. The van der Waals surface area contributed by atoms with Gasteiger partial charge in [0.2, 0.25) is 0 Å². The van der Waals surface area contributed by atoms with Gasteiger partial charge in [0.1, 0.15) is 0 Å². The Morgan fingerprint density at radius 3 is 1.02 bits per heavy atom. The average molecular weight is 2460 g/mol. The minimum atomic E-state index is -0.0111. The number of aliphatic hydroxyl groups excluding tert-OH is 4. The molecular weight excluding hydrogens is 2360 g/mol. The van der Waals surface area contributed by atoms with E-state index in [4.69, 9.17) is 59.5 Å². The molecule has 0 aliphatic heterocycles. The number of benzene rings is 15. The van der Waals surface area contributed by atoms with E-state index in [1.54, 1.807) is 0 Å². The van der Waals surface area contributed by atoms with Gasteiger partial charge in [0.05, 0.1) is 97.1 Å². The van der Waals surface area contributed by atoms with Crippen molar-refractivity contribution in [3.05, 3.63) is 409 Å². The number of allylic oxidation sites excluding steroid dienone is 8. The minimum Gasteiger partial charge on any atom is -0.512 e. The molecule has 0 bridgehead atoms. The van der Waals surface area contributed by atoms with Crippen molar-refractivity contribution in [2.45, 2.75) is 100 Å². The third kappa shape index (κ3) is 25.6. The van der Waals surface area contributed by atoms with Crippen molar-refractivity contribution < 1.29 is 120 Å². The molecule has 0 fully saturated rings. The molecule has 8 N–H and O–H groups in total. The predicted molar refractivity (Wildman–Crippen MR) is 539 cm³/mol. The monoisotopic (exact) mass is 2460 g/mol. The van der Waals surface area contributed by atoms with E-state index in [0.29, 0.717) is 0 Å². The van der Waals surface area contributed by atoms with Crippen LogP contribution < -0.4 is 0 Å². The normalized spacial score (nSPS) is 12.1. The van der Waals surface area contributed by atoms with Crippen LogP contribution in [0.3, 0.4) is 0 Å². The number of carbonyl (C=O) groups excluding carboxylic acids is 4. The molecule has 2 aliphatic carbocycles. The fourth-order valence-corrected chi connectivity index (χ4v) is 16.6. The Balaban J connectivity index is 0.000000166.